The Bertz CT molecular complexity index is 368. The zero-order valence-corrected chi connectivity index (χ0v) is 10.4. The zero-order valence-electron chi connectivity index (χ0n) is 9.61. The largest absolute Gasteiger partial charge is 0.481 e. The molecule has 2 rings (SSSR count). The first-order valence-corrected chi connectivity index (χ1v) is 5.99. The van der Waals surface area contributed by atoms with Gasteiger partial charge in [0.2, 0.25) is 5.88 Å². The number of halogens is 1. The lowest BCUT2D eigenvalue weighted by Crippen LogP contribution is -2.29. The molecule has 1 aliphatic rings. The Kier molecular flexibility index (Phi) is 3.49. The molecule has 0 radical (unpaired) electrons. The van der Waals surface area contributed by atoms with Gasteiger partial charge in [-0.15, -0.1) is 11.6 Å². The highest BCUT2D eigenvalue weighted by atomic mass is 35.5. The van der Waals surface area contributed by atoms with Crippen LogP contribution in [0.3, 0.4) is 0 Å². The fourth-order valence-electron chi connectivity index (χ4n) is 1.86. The molecule has 5 heteroatoms. The van der Waals surface area contributed by atoms with Gasteiger partial charge in [0.1, 0.15) is 12.1 Å². The first kappa shape index (κ1) is 11.5. The summed E-state index contributed by atoms with van der Waals surface area (Å²) < 4.78 is 5.20. The van der Waals surface area contributed by atoms with Crippen molar-refractivity contribution in [3.05, 3.63) is 11.9 Å². The van der Waals surface area contributed by atoms with Gasteiger partial charge in [-0.3, -0.25) is 0 Å². The van der Waals surface area contributed by atoms with Crippen LogP contribution < -0.4 is 9.64 Å². The summed E-state index contributed by atoms with van der Waals surface area (Å²) in [4.78, 5) is 10.7. The molecular formula is C11H16ClN3O. The number of hydrogen-bond acceptors (Lipinski definition) is 4. The molecule has 1 aromatic heterocycles. The lowest BCUT2D eigenvalue weighted by Gasteiger charge is -2.24. The van der Waals surface area contributed by atoms with E-state index in [0.717, 1.165) is 17.9 Å². The molecular weight excluding hydrogens is 226 g/mol. The predicted octanol–water partition coefficient (Wildman–Crippen LogP) is 2.00. The summed E-state index contributed by atoms with van der Waals surface area (Å²) in [7, 11) is 1.63. The summed E-state index contributed by atoms with van der Waals surface area (Å²) in [6.07, 6.45) is 4.00. The maximum Gasteiger partial charge on any atom is 0.221 e. The van der Waals surface area contributed by atoms with Crippen LogP contribution in [0.25, 0.3) is 0 Å². The van der Waals surface area contributed by atoms with Crippen LogP contribution in [-0.2, 0) is 0 Å². The van der Waals surface area contributed by atoms with E-state index in [1.54, 1.807) is 13.4 Å². The summed E-state index contributed by atoms with van der Waals surface area (Å²) in [5.74, 6) is 2.21. The Morgan fingerprint density at radius 2 is 2.25 bits per heavy atom. The first-order valence-electron chi connectivity index (χ1n) is 5.46. The highest BCUT2D eigenvalue weighted by Gasteiger charge is 2.31. The van der Waals surface area contributed by atoms with Crippen molar-refractivity contribution in [2.75, 3.05) is 24.4 Å². The van der Waals surface area contributed by atoms with Crippen LogP contribution in [0.1, 0.15) is 18.4 Å². The topological polar surface area (TPSA) is 38.3 Å². The van der Waals surface area contributed by atoms with Crippen molar-refractivity contribution < 1.29 is 4.74 Å². The fraction of sp³-hybridized carbons (Fsp3) is 0.636. The third-order valence-corrected chi connectivity index (χ3v) is 2.96. The molecule has 0 bridgehead atoms. The molecule has 0 N–H and O–H groups in total. The van der Waals surface area contributed by atoms with Gasteiger partial charge in [-0.05, 0) is 19.8 Å². The summed E-state index contributed by atoms with van der Waals surface area (Å²) in [5.41, 5.74) is 0.988. The van der Waals surface area contributed by atoms with Gasteiger partial charge < -0.3 is 9.64 Å². The summed E-state index contributed by atoms with van der Waals surface area (Å²) in [5, 5.41) is 0. The minimum Gasteiger partial charge on any atom is -0.481 e. The lowest BCUT2D eigenvalue weighted by molar-refractivity contribution is 0.393. The third kappa shape index (κ3) is 2.21. The van der Waals surface area contributed by atoms with Gasteiger partial charge in [0, 0.05) is 18.5 Å². The number of anilines is 1. The van der Waals surface area contributed by atoms with Crippen molar-refractivity contribution in [3.63, 3.8) is 0 Å². The van der Waals surface area contributed by atoms with E-state index < -0.39 is 0 Å². The van der Waals surface area contributed by atoms with Crippen molar-refractivity contribution in [1.82, 2.24) is 9.97 Å². The second kappa shape index (κ2) is 4.87. The number of methoxy groups -OCH3 is 1. The normalized spacial score (nSPS) is 14.9. The Morgan fingerprint density at radius 3 is 2.81 bits per heavy atom. The Balaban J connectivity index is 2.29. The standard InChI is InChI=1S/C11H16ClN3O/c1-8-10(13-7-14-11(8)16-2)15(6-5-12)9-3-4-9/h7,9H,3-6H2,1-2H3. The number of aromatic nitrogens is 2. The van der Waals surface area contributed by atoms with Crippen LogP contribution in [-0.4, -0.2) is 35.5 Å². The molecule has 1 aromatic rings. The summed E-state index contributed by atoms with van der Waals surface area (Å²) in [6.45, 7) is 2.81. The van der Waals surface area contributed by atoms with E-state index in [1.807, 2.05) is 6.92 Å². The summed E-state index contributed by atoms with van der Waals surface area (Å²) in [6, 6.07) is 0.594. The number of nitrogens with zero attached hydrogens (tertiary/aromatic N) is 3. The molecule has 0 amide bonds. The van der Waals surface area contributed by atoms with Crippen molar-refractivity contribution in [1.29, 1.82) is 0 Å². The second-order valence-corrected chi connectivity index (χ2v) is 4.32. The van der Waals surface area contributed by atoms with E-state index in [0.29, 0.717) is 17.8 Å². The van der Waals surface area contributed by atoms with E-state index in [-0.39, 0.29) is 0 Å². The van der Waals surface area contributed by atoms with Crippen LogP contribution in [0.15, 0.2) is 6.33 Å². The monoisotopic (exact) mass is 241 g/mol. The minimum atomic E-state index is 0.594. The zero-order chi connectivity index (χ0) is 11.5. The van der Waals surface area contributed by atoms with Gasteiger partial charge in [0.25, 0.3) is 0 Å². The van der Waals surface area contributed by atoms with Crippen molar-refractivity contribution in [2.45, 2.75) is 25.8 Å². The highest BCUT2D eigenvalue weighted by molar-refractivity contribution is 6.18. The molecule has 88 valence electrons. The van der Waals surface area contributed by atoms with Crippen LogP contribution in [0.4, 0.5) is 5.82 Å². The number of rotatable bonds is 5. The third-order valence-electron chi connectivity index (χ3n) is 2.79. The molecule has 1 saturated carbocycles. The molecule has 0 aromatic carbocycles. The van der Waals surface area contributed by atoms with Crippen LogP contribution in [0, 0.1) is 6.92 Å². The number of hydrogen-bond donors (Lipinski definition) is 0. The van der Waals surface area contributed by atoms with E-state index in [1.165, 1.54) is 12.8 Å². The van der Waals surface area contributed by atoms with Crippen molar-refractivity contribution in [3.8, 4) is 5.88 Å². The molecule has 4 nitrogen and oxygen atoms in total. The van der Waals surface area contributed by atoms with E-state index in [2.05, 4.69) is 14.9 Å². The highest BCUT2D eigenvalue weighted by Crippen LogP contribution is 2.33. The average Bonchev–Trinajstić information content (AvgIpc) is 3.11. The van der Waals surface area contributed by atoms with Crippen molar-refractivity contribution >= 4 is 17.4 Å². The fourth-order valence-corrected chi connectivity index (χ4v) is 2.04. The molecule has 0 atom stereocenters. The smallest absolute Gasteiger partial charge is 0.221 e. The van der Waals surface area contributed by atoms with Gasteiger partial charge >= 0.3 is 0 Å². The molecule has 1 aliphatic carbocycles. The predicted molar refractivity (Wildman–Crippen MR) is 64.4 cm³/mol. The molecule has 0 spiro atoms. The van der Waals surface area contributed by atoms with Crippen molar-refractivity contribution in [2.24, 2.45) is 0 Å². The van der Waals surface area contributed by atoms with Crippen LogP contribution in [0.2, 0.25) is 0 Å². The van der Waals surface area contributed by atoms with Gasteiger partial charge in [0.15, 0.2) is 0 Å². The molecule has 0 unspecified atom stereocenters. The molecule has 16 heavy (non-hydrogen) atoms. The average molecular weight is 242 g/mol. The van der Waals surface area contributed by atoms with Gasteiger partial charge in [-0.2, -0.15) is 0 Å². The molecule has 1 heterocycles. The second-order valence-electron chi connectivity index (χ2n) is 3.95. The first-order chi connectivity index (χ1) is 7.77. The Morgan fingerprint density at radius 1 is 1.50 bits per heavy atom. The van der Waals surface area contributed by atoms with Gasteiger partial charge in [-0.25, -0.2) is 9.97 Å². The number of alkyl halides is 1. The van der Waals surface area contributed by atoms with E-state index >= 15 is 0 Å². The Labute approximate surface area is 101 Å². The van der Waals surface area contributed by atoms with E-state index in [9.17, 15) is 0 Å². The number of ether oxygens (including phenoxy) is 1. The van der Waals surface area contributed by atoms with Crippen LogP contribution >= 0.6 is 11.6 Å². The maximum absolute atomic E-state index is 5.83. The minimum absolute atomic E-state index is 0.594. The molecule has 0 aliphatic heterocycles. The maximum atomic E-state index is 5.83. The SMILES string of the molecule is COc1ncnc(N(CCCl)C2CC2)c1C. The summed E-state index contributed by atoms with van der Waals surface area (Å²) >= 11 is 5.83. The Hall–Kier alpha value is -1.03. The lowest BCUT2D eigenvalue weighted by atomic mass is 10.3. The molecule has 1 fully saturated rings. The van der Waals surface area contributed by atoms with E-state index in [4.69, 9.17) is 16.3 Å². The van der Waals surface area contributed by atoms with Gasteiger partial charge in [-0.1, -0.05) is 0 Å². The molecule has 0 saturated heterocycles. The van der Waals surface area contributed by atoms with Crippen LogP contribution in [0.5, 0.6) is 5.88 Å². The van der Waals surface area contributed by atoms with Gasteiger partial charge in [0.05, 0.1) is 12.7 Å². The quantitative estimate of drug-likeness (QED) is 0.740.